The molecule has 1 aromatic rings. The van der Waals surface area contributed by atoms with Crippen LogP contribution in [0.15, 0.2) is 9.52 Å². The van der Waals surface area contributed by atoms with E-state index in [-0.39, 0.29) is 24.0 Å². The predicted molar refractivity (Wildman–Crippen MR) is 96.0 cm³/mol. The van der Waals surface area contributed by atoms with Gasteiger partial charge in [-0.25, -0.2) is 4.99 Å². The molecule has 0 aliphatic heterocycles. The van der Waals surface area contributed by atoms with E-state index in [4.69, 9.17) is 4.52 Å². The summed E-state index contributed by atoms with van der Waals surface area (Å²) in [7, 11) is 0. The minimum absolute atomic E-state index is 0. The van der Waals surface area contributed by atoms with E-state index in [1.165, 1.54) is 19.3 Å². The molecule has 6 nitrogen and oxygen atoms in total. The molecule has 0 aliphatic rings. The van der Waals surface area contributed by atoms with Crippen molar-refractivity contribution >= 4 is 29.9 Å². The number of hydrogen-bond donors (Lipinski definition) is 2. The van der Waals surface area contributed by atoms with Crippen LogP contribution in [0, 0.1) is 6.92 Å². The number of unbranched alkanes of at least 4 members (excludes halogenated alkanes) is 2. The number of aliphatic imine (C=N–C) groups is 1. The third-order valence-electron chi connectivity index (χ3n) is 2.91. The van der Waals surface area contributed by atoms with Gasteiger partial charge < -0.3 is 15.2 Å². The summed E-state index contributed by atoms with van der Waals surface area (Å²) in [5.41, 5.74) is 0. The predicted octanol–water partition coefficient (Wildman–Crippen LogP) is 3.02. The summed E-state index contributed by atoms with van der Waals surface area (Å²) in [6.45, 7) is 9.48. The van der Waals surface area contributed by atoms with Crippen molar-refractivity contribution in [3.8, 4) is 0 Å². The molecule has 1 aromatic heterocycles. The summed E-state index contributed by atoms with van der Waals surface area (Å²) in [5, 5.41) is 10.4. The molecule has 0 bridgehead atoms. The first-order valence-electron chi connectivity index (χ1n) is 7.49. The number of rotatable bonds is 8. The number of aryl methyl sites for hydroxylation is 1. The van der Waals surface area contributed by atoms with Crippen LogP contribution < -0.4 is 10.6 Å². The van der Waals surface area contributed by atoms with Crippen LogP contribution in [0.2, 0.25) is 0 Å². The van der Waals surface area contributed by atoms with Crippen molar-refractivity contribution in [3.05, 3.63) is 11.7 Å². The van der Waals surface area contributed by atoms with Crippen molar-refractivity contribution in [2.24, 2.45) is 4.99 Å². The number of hydrogen-bond acceptors (Lipinski definition) is 4. The minimum Gasteiger partial charge on any atom is -0.357 e. The van der Waals surface area contributed by atoms with Gasteiger partial charge in [-0.2, -0.15) is 4.98 Å². The van der Waals surface area contributed by atoms with Crippen molar-refractivity contribution in [3.63, 3.8) is 0 Å². The van der Waals surface area contributed by atoms with Crippen LogP contribution in [0.4, 0.5) is 0 Å². The van der Waals surface area contributed by atoms with E-state index in [1.54, 1.807) is 6.92 Å². The van der Waals surface area contributed by atoms with Gasteiger partial charge >= 0.3 is 0 Å². The monoisotopic (exact) mass is 409 g/mol. The van der Waals surface area contributed by atoms with Gasteiger partial charge in [0.2, 0.25) is 5.89 Å². The maximum atomic E-state index is 5.05. The number of nitrogens with zero attached hydrogens (tertiary/aromatic N) is 3. The molecule has 2 N–H and O–H groups in total. The molecule has 0 fully saturated rings. The van der Waals surface area contributed by atoms with Crippen LogP contribution >= 0.6 is 24.0 Å². The van der Waals surface area contributed by atoms with E-state index in [9.17, 15) is 0 Å². The number of halogens is 1. The Morgan fingerprint density at radius 1 is 1.33 bits per heavy atom. The number of guanidine groups is 1. The Morgan fingerprint density at radius 2 is 2.10 bits per heavy atom. The van der Waals surface area contributed by atoms with E-state index in [2.05, 4.69) is 46.5 Å². The molecule has 0 amide bonds. The Kier molecular flexibility index (Phi) is 11.3. The highest BCUT2D eigenvalue weighted by Crippen LogP contribution is 2.03. The zero-order valence-corrected chi connectivity index (χ0v) is 15.8. The Bertz CT molecular complexity index is 408. The molecule has 0 radical (unpaired) electrons. The maximum Gasteiger partial charge on any atom is 0.248 e. The molecule has 0 aliphatic carbocycles. The van der Waals surface area contributed by atoms with Gasteiger partial charge in [0.1, 0.15) is 6.54 Å². The van der Waals surface area contributed by atoms with E-state index in [0.717, 1.165) is 18.9 Å². The highest BCUT2D eigenvalue weighted by atomic mass is 127. The molecule has 1 atom stereocenters. The van der Waals surface area contributed by atoms with E-state index in [0.29, 0.717) is 24.3 Å². The molecule has 7 heteroatoms. The van der Waals surface area contributed by atoms with Crippen LogP contribution in [0.5, 0.6) is 0 Å². The van der Waals surface area contributed by atoms with E-state index in [1.807, 2.05) is 0 Å². The quantitative estimate of drug-likeness (QED) is 0.299. The van der Waals surface area contributed by atoms with Crippen LogP contribution in [0.1, 0.15) is 58.2 Å². The third-order valence-corrected chi connectivity index (χ3v) is 2.91. The van der Waals surface area contributed by atoms with Gasteiger partial charge in [-0.3, -0.25) is 0 Å². The summed E-state index contributed by atoms with van der Waals surface area (Å²) < 4.78 is 5.05. The summed E-state index contributed by atoms with van der Waals surface area (Å²) in [5.74, 6) is 1.98. The maximum absolute atomic E-state index is 5.05. The minimum atomic E-state index is 0. The fourth-order valence-electron chi connectivity index (χ4n) is 1.88. The van der Waals surface area contributed by atoms with Gasteiger partial charge in [0.15, 0.2) is 11.8 Å². The lowest BCUT2D eigenvalue weighted by Crippen LogP contribution is -2.42. The first-order valence-corrected chi connectivity index (χ1v) is 7.49. The molecule has 122 valence electrons. The van der Waals surface area contributed by atoms with Gasteiger partial charge in [-0.15, -0.1) is 24.0 Å². The van der Waals surface area contributed by atoms with Crippen LogP contribution in [0.25, 0.3) is 0 Å². The Balaban J connectivity index is 0.00000400. The largest absolute Gasteiger partial charge is 0.357 e. The fraction of sp³-hybridized carbons (Fsp3) is 0.786. The molecule has 1 rings (SSSR count). The summed E-state index contributed by atoms with van der Waals surface area (Å²) in [4.78, 5) is 8.61. The van der Waals surface area contributed by atoms with Crippen LogP contribution in [0.3, 0.4) is 0 Å². The van der Waals surface area contributed by atoms with Crippen molar-refractivity contribution in [2.75, 3.05) is 6.54 Å². The normalized spacial score (nSPS) is 12.7. The Labute approximate surface area is 144 Å². The second kappa shape index (κ2) is 11.8. The second-order valence-corrected chi connectivity index (χ2v) is 4.97. The second-order valence-electron chi connectivity index (χ2n) is 4.97. The fourth-order valence-corrected chi connectivity index (χ4v) is 1.88. The number of nitrogens with one attached hydrogen (secondary N) is 2. The van der Waals surface area contributed by atoms with Crippen LogP contribution in [-0.2, 0) is 6.54 Å². The molecular weight excluding hydrogens is 381 g/mol. The van der Waals surface area contributed by atoms with E-state index < -0.39 is 0 Å². The molecule has 21 heavy (non-hydrogen) atoms. The van der Waals surface area contributed by atoms with Gasteiger partial charge in [0, 0.05) is 12.6 Å². The van der Waals surface area contributed by atoms with E-state index >= 15 is 0 Å². The molecule has 0 spiro atoms. The first kappa shape index (κ1) is 20.1. The average molecular weight is 409 g/mol. The highest BCUT2D eigenvalue weighted by Gasteiger charge is 2.06. The van der Waals surface area contributed by atoms with Crippen molar-refractivity contribution in [1.29, 1.82) is 0 Å². The standard InChI is InChI=1S/C14H27N5O.HI/c1-5-7-8-9-11(3)17-14(15-6-2)16-10-13-18-12(4)19-20-13;/h11H,5-10H2,1-4H3,(H2,15,16,17);1H. The van der Waals surface area contributed by atoms with Crippen molar-refractivity contribution in [2.45, 2.75) is 66.0 Å². The summed E-state index contributed by atoms with van der Waals surface area (Å²) in [6, 6.07) is 0.406. The zero-order valence-electron chi connectivity index (χ0n) is 13.5. The SMILES string of the molecule is CCCCCC(C)NC(=NCc1nc(C)no1)NCC.I. The summed E-state index contributed by atoms with van der Waals surface area (Å²) >= 11 is 0. The van der Waals surface area contributed by atoms with Crippen LogP contribution in [-0.4, -0.2) is 28.7 Å². The zero-order chi connectivity index (χ0) is 14.8. The number of aromatic nitrogens is 2. The average Bonchev–Trinajstić information content (AvgIpc) is 2.82. The molecular formula is C14H28IN5O. The van der Waals surface area contributed by atoms with Gasteiger partial charge in [-0.05, 0) is 27.2 Å². The van der Waals surface area contributed by atoms with Crippen molar-refractivity contribution in [1.82, 2.24) is 20.8 Å². The smallest absolute Gasteiger partial charge is 0.248 e. The molecule has 1 heterocycles. The Hall–Kier alpha value is -0.860. The van der Waals surface area contributed by atoms with Gasteiger partial charge in [-0.1, -0.05) is 31.3 Å². The molecule has 1 unspecified atom stereocenters. The lowest BCUT2D eigenvalue weighted by Gasteiger charge is -2.17. The topological polar surface area (TPSA) is 75.3 Å². The van der Waals surface area contributed by atoms with Crippen molar-refractivity contribution < 1.29 is 4.52 Å². The lowest BCUT2D eigenvalue weighted by atomic mass is 10.1. The third kappa shape index (κ3) is 8.90. The summed E-state index contributed by atoms with van der Waals surface area (Å²) in [6.07, 6.45) is 4.92. The lowest BCUT2D eigenvalue weighted by molar-refractivity contribution is 0.376. The van der Waals surface area contributed by atoms with Gasteiger partial charge in [0.05, 0.1) is 0 Å². The molecule has 0 saturated carbocycles. The Morgan fingerprint density at radius 3 is 2.67 bits per heavy atom. The molecule has 0 aromatic carbocycles. The highest BCUT2D eigenvalue weighted by molar-refractivity contribution is 14.0. The van der Waals surface area contributed by atoms with Gasteiger partial charge in [0.25, 0.3) is 0 Å². The first-order chi connectivity index (χ1) is 9.65. The molecule has 0 saturated heterocycles.